The van der Waals surface area contributed by atoms with Crippen molar-refractivity contribution >= 4 is 54.1 Å². The fourth-order valence-corrected chi connectivity index (χ4v) is 3.20. The maximum Gasteiger partial charge on any atom is 0.326 e. The standard InChI is InChI=1S/C18H32N4O7S2/c1-4-9(2)14(18(28)29)22-16(26)11(5-6-31-3)20-17(27)12(8-30)21-15(25)10(19)7-13(23)24/h9-12,14,30H,4-8,19H2,1-3H3,(H,20,27)(H,21,25)(H,22,26)(H,23,24)(H,28,29). The van der Waals surface area contributed by atoms with Gasteiger partial charge in [0.05, 0.1) is 12.5 Å². The summed E-state index contributed by atoms with van der Waals surface area (Å²) >= 11 is 5.46. The molecule has 0 aromatic carbocycles. The number of rotatable bonds is 15. The highest BCUT2D eigenvalue weighted by Gasteiger charge is 2.31. The number of hydrogen-bond acceptors (Lipinski definition) is 8. The molecule has 0 spiro atoms. The third-order valence-corrected chi connectivity index (χ3v) is 5.58. The number of amides is 3. The predicted molar refractivity (Wildman–Crippen MR) is 120 cm³/mol. The van der Waals surface area contributed by atoms with Crippen molar-refractivity contribution in [3.05, 3.63) is 0 Å². The lowest BCUT2D eigenvalue weighted by Crippen LogP contribution is -2.58. The van der Waals surface area contributed by atoms with Gasteiger partial charge in [0.25, 0.3) is 0 Å². The summed E-state index contributed by atoms with van der Waals surface area (Å²) in [5.41, 5.74) is 5.49. The Morgan fingerprint density at radius 1 is 1.00 bits per heavy atom. The number of thioether (sulfide) groups is 1. The van der Waals surface area contributed by atoms with E-state index in [1.54, 1.807) is 13.8 Å². The molecule has 0 aromatic rings. The zero-order valence-electron chi connectivity index (χ0n) is 17.8. The lowest BCUT2D eigenvalue weighted by molar-refractivity contribution is -0.143. The zero-order valence-corrected chi connectivity index (χ0v) is 19.5. The molecule has 178 valence electrons. The maximum absolute atomic E-state index is 12.7. The molecule has 0 aliphatic heterocycles. The van der Waals surface area contributed by atoms with Crippen molar-refractivity contribution in [2.75, 3.05) is 17.8 Å². The van der Waals surface area contributed by atoms with E-state index in [1.165, 1.54) is 11.8 Å². The summed E-state index contributed by atoms with van der Waals surface area (Å²) in [4.78, 5) is 59.5. The number of carbonyl (C=O) groups is 5. The van der Waals surface area contributed by atoms with E-state index in [4.69, 9.17) is 10.8 Å². The smallest absolute Gasteiger partial charge is 0.326 e. The molecular formula is C18H32N4O7S2. The molecule has 13 heteroatoms. The molecule has 0 bridgehead atoms. The van der Waals surface area contributed by atoms with E-state index < -0.39 is 60.2 Å². The molecular weight excluding hydrogens is 448 g/mol. The lowest BCUT2D eigenvalue weighted by atomic mass is 9.98. The number of nitrogens with one attached hydrogen (secondary N) is 3. The minimum atomic E-state index is -1.35. The van der Waals surface area contributed by atoms with E-state index in [-0.39, 0.29) is 18.1 Å². The van der Waals surface area contributed by atoms with Gasteiger partial charge in [0.2, 0.25) is 17.7 Å². The van der Waals surface area contributed by atoms with Gasteiger partial charge < -0.3 is 31.9 Å². The second-order valence-electron chi connectivity index (χ2n) is 7.00. The Kier molecular flexibility index (Phi) is 14.0. The Hall–Kier alpha value is -1.99. The van der Waals surface area contributed by atoms with Crippen LogP contribution in [-0.4, -0.2) is 81.8 Å². The minimum Gasteiger partial charge on any atom is -0.481 e. The minimum absolute atomic E-state index is 0.126. The van der Waals surface area contributed by atoms with Crippen LogP contribution in [0.3, 0.4) is 0 Å². The quantitative estimate of drug-likeness (QED) is 0.145. The number of aliphatic carboxylic acids is 2. The van der Waals surface area contributed by atoms with Gasteiger partial charge in [0.15, 0.2) is 0 Å². The first-order valence-electron chi connectivity index (χ1n) is 9.69. The number of carboxylic acid groups (broad SMARTS) is 2. The van der Waals surface area contributed by atoms with Crippen molar-refractivity contribution in [2.45, 2.75) is 57.3 Å². The van der Waals surface area contributed by atoms with Crippen LogP contribution in [0.25, 0.3) is 0 Å². The topological polar surface area (TPSA) is 188 Å². The molecule has 0 rings (SSSR count). The van der Waals surface area contributed by atoms with E-state index in [2.05, 4.69) is 28.6 Å². The summed E-state index contributed by atoms with van der Waals surface area (Å²) in [6.07, 6.45) is 1.97. The summed E-state index contributed by atoms with van der Waals surface area (Å²) < 4.78 is 0. The van der Waals surface area contributed by atoms with Crippen LogP contribution >= 0.6 is 24.4 Å². The van der Waals surface area contributed by atoms with Gasteiger partial charge in [-0.2, -0.15) is 24.4 Å². The van der Waals surface area contributed by atoms with Gasteiger partial charge in [-0.3, -0.25) is 19.2 Å². The van der Waals surface area contributed by atoms with E-state index in [1.807, 2.05) is 6.26 Å². The van der Waals surface area contributed by atoms with Crippen LogP contribution < -0.4 is 21.7 Å². The van der Waals surface area contributed by atoms with Gasteiger partial charge in [0.1, 0.15) is 18.1 Å². The normalized spacial score (nSPS) is 15.6. The SMILES string of the molecule is CCC(C)C(NC(=O)C(CCSC)NC(=O)C(CS)NC(=O)C(N)CC(=O)O)C(=O)O. The molecule has 0 saturated heterocycles. The van der Waals surface area contributed by atoms with Gasteiger partial charge in [0, 0.05) is 5.75 Å². The highest BCUT2D eigenvalue weighted by Crippen LogP contribution is 2.10. The monoisotopic (exact) mass is 480 g/mol. The van der Waals surface area contributed by atoms with Gasteiger partial charge in [-0.15, -0.1) is 0 Å². The number of nitrogens with two attached hydrogens (primary N) is 1. The zero-order chi connectivity index (χ0) is 24.1. The molecule has 7 N–H and O–H groups in total. The number of hydrogen-bond donors (Lipinski definition) is 7. The average Bonchev–Trinajstić information content (AvgIpc) is 2.71. The summed E-state index contributed by atoms with van der Waals surface area (Å²) in [6.45, 7) is 3.50. The van der Waals surface area contributed by atoms with E-state index in [0.717, 1.165) is 0 Å². The highest BCUT2D eigenvalue weighted by atomic mass is 32.2. The lowest BCUT2D eigenvalue weighted by Gasteiger charge is -2.26. The van der Waals surface area contributed by atoms with Crippen LogP contribution in [0, 0.1) is 5.92 Å². The molecule has 0 aliphatic carbocycles. The molecule has 5 unspecified atom stereocenters. The van der Waals surface area contributed by atoms with Crippen molar-refractivity contribution in [3.63, 3.8) is 0 Å². The molecule has 11 nitrogen and oxygen atoms in total. The fourth-order valence-electron chi connectivity index (χ4n) is 2.47. The first-order valence-corrected chi connectivity index (χ1v) is 11.7. The largest absolute Gasteiger partial charge is 0.481 e. The Morgan fingerprint density at radius 3 is 2.00 bits per heavy atom. The van der Waals surface area contributed by atoms with Crippen molar-refractivity contribution in [2.24, 2.45) is 11.7 Å². The third-order valence-electron chi connectivity index (χ3n) is 4.57. The summed E-state index contributed by atoms with van der Waals surface area (Å²) in [5, 5.41) is 25.4. The van der Waals surface area contributed by atoms with Crippen LogP contribution in [0.15, 0.2) is 0 Å². The molecule has 0 fully saturated rings. The molecule has 0 saturated carbocycles. The number of thiol groups is 1. The predicted octanol–water partition coefficient (Wildman–Crippen LogP) is -0.944. The second kappa shape index (κ2) is 14.9. The van der Waals surface area contributed by atoms with Crippen molar-refractivity contribution in [1.82, 2.24) is 16.0 Å². The molecule has 0 heterocycles. The van der Waals surface area contributed by atoms with E-state index in [9.17, 15) is 29.1 Å². The van der Waals surface area contributed by atoms with Crippen LogP contribution in [-0.2, 0) is 24.0 Å². The summed E-state index contributed by atoms with van der Waals surface area (Å²) in [7, 11) is 0. The molecule has 31 heavy (non-hydrogen) atoms. The molecule has 0 aromatic heterocycles. The summed E-state index contributed by atoms with van der Waals surface area (Å²) in [6, 6.07) is -4.65. The van der Waals surface area contributed by atoms with Gasteiger partial charge in [-0.05, 0) is 24.3 Å². The number of carboxylic acids is 2. The van der Waals surface area contributed by atoms with Crippen molar-refractivity contribution in [3.8, 4) is 0 Å². The Morgan fingerprint density at radius 2 is 1.55 bits per heavy atom. The first kappa shape index (κ1) is 29.0. The Balaban J connectivity index is 5.27. The van der Waals surface area contributed by atoms with Crippen molar-refractivity contribution in [1.29, 1.82) is 0 Å². The van der Waals surface area contributed by atoms with E-state index in [0.29, 0.717) is 12.2 Å². The van der Waals surface area contributed by atoms with Crippen molar-refractivity contribution < 1.29 is 34.2 Å². The Bertz CT molecular complexity index is 650. The van der Waals surface area contributed by atoms with Crippen LogP contribution in [0.5, 0.6) is 0 Å². The van der Waals surface area contributed by atoms with Crippen LogP contribution in [0.2, 0.25) is 0 Å². The number of carbonyl (C=O) groups excluding carboxylic acids is 3. The molecule has 5 atom stereocenters. The molecule has 0 aliphatic rings. The fraction of sp³-hybridized carbons (Fsp3) is 0.722. The van der Waals surface area contributed by atoms with E-state index >= 15 is 0 Å². The third kappa shape index (κ3) is 10.7. The maximum atomic E-state index is 12.7. The second-order valence-corrected chi connectivity index (χ2v) is 8.35. The average molecular weight is 481 g/mol. The van der Waals surface area contributed by atoms with Crippen LogP contribution in [0.4, 0.5) is 0 Å². The highest BCUT2D eigenvalue weighted by molar-refractivity contribution is 7.98. The summed E-state index contributed by atoms with van der Waals surface area (Å²) in [5.74, 6) is -4.59. The van der Waals surface area contributed by atoms with Crippen LogP contribution in [0.1, 0.15) is 33.1 Å². The molecule has 0 radical (unpaired) electrons. The van der Waals surface area contributed by atoms with Gasteiger partial charge in [-0.25, -0.2) is 4.79 Å². The van der Waals surface area contributed by atoms with Gasteiger partial charge >= 0.3 is 11.9 Å². The van der Waals surface area contributed by atoms with Gasteiger partial charge in [-0.1, -0.05) is 20.3 Å². The molecule has 3 amide bonds. The Labute approximate surface area is 191 Å². The first-order chi connectivity index (χ1) is 14.5.